The number of hydrogen-bond donors (Lipinski definition) is 1. The summed E-state index contributed by atoms with van der Waals surface area (Å²) in [6.07, 6.45) is 0. The Hall–Kier alpha value is -1.53. The van der Waals surface area contributed by atoms with Crippen LogP contribution >= 0.6 is 11.6 Å². The third-order valence-corrected chi connectivity index (χ3v) is 1.61. The van der Waals surface area contributed by atoms with Crippen molar-refractivity contribution in [2.45, 2.75) is 6.92 Å². The molecule has 0 radical (unpaired) electrons. The highest BCUT2D eigenvalue weighted by Gasteiger charge is 2.17. The molecule has 0 aromatic carbocycles. The highest BCUT2D eigenvalue weighted by Crippen LogP contribution is 2.03. The number of amides is 2. The number of carbonyl (C=O) groups is 2. The zero-order chi connectivity index (χ0) is 10.7. The van der Waals surface area contributed by atoms with Gasteiger partial charge in [-0.05, 0) is 12.1 Å². The Kier molecular flexibility index (Phi) is 3.10. The summed E-state index contributed by atoms with van der Waals surface area (Å²) in [4.78, 5) is 22.1. The second-order valence-electron chi connectivity index (χ2n) is 2.44. The first-order valence-electron chi connectivity index (χ1n) is 3.61. The van der Waals surface area contributed by atoms with Crippen LogP contribution in [0.2, 0.25) is 5.15 Å². The van der Waals surface area contributed by atoms with E-state index < -0.39 is 11.8 Å². The van der Waals surface area contributed by atoms with Gasteiger partial charge in [-0.3, -0.25) is 9.59 Å². The molecule has 0 bridgehead atoms. The number of nitrogens with zero attached hydrogens (tertiary/aromatic N) is 3. The molecule has 0 aliphatic carbocycles. The van der Waals surface area contributed by atoms with Crippen molar-refractivity contribution in [3.05, 3.63) is 23.0 Å². The minimum Gasteiger partial charge on any atom is -0.273 e. The third-order valence-electron chi connectivity index (χ3n) is 1.41. The van der Waals surface area contributed by atoms with Crippen molar-refractivity contribution in [2.75, 3.05) is 0 Å². The number of imide groups is 1. The van der Waals surface area contributed by atoms with E-state index in [1.54, 1.807) is 0 Å². The van der Waals surface area contributed by atoms with Crippen molar-refractivity contribution < 1.29 is 9.59 Å². The topological polar surface area (TPSA) is 89.2 Å². The van der Waals surface area contributed by atoms with Gasteiger partial charge >= 0.3 is 0 Å². The summed E-state index contributed by atoms with van der Waals surface area (Å²) in [5.74, 6) is 3.87. The van der Waals surface area contributed by atoms with E-state index in [-0.39, 0.29) is 10.8 Å². The van der Waals surface area contributed by atoms with Crippen LogP contribution in [0.3, 0.4) is 0 Å². The number of rotatable bonds is 1. The monoisotopic (exact) mass is 214 g/mol. The van der Waals surface area contributed by atoms with Crippen LogP contribution in [0.25, 0.3) is 0 Å². The number of hydrazine groups is 1. The fourth-order valence-electron chi connectivity index (χ4n) is 0.696. The van der Waals surface area contributed by atoms with Gasteiger partial charge in [-0.25, -0.2) is 10.9 Å². The van der Waals surface area contributed by atoms with Crippen LogP contribution in [0.1, 0.15) is 17.4 Å². The molecule has 14 heavy (non-hydrogen) atoms. The van der Waals surface area contributed by atoms with Crippen molar-refractivity contribution in [3.8, 4) is 0 Å². The minimum absolute atomic E-state index is 0.0351. The number of carbonyl (C=O) groups excluding carboxylic acids is 2. The standard InChI is InChI=1S/C7H7ClN4O2/c1-4(13)12(9)7(14)5-2-3-6(8)11-10-5/h2-3H,9H2,1H3. The first-order valence-corrected chi connectivity index (χ1v) is 3.99. The Labute approximate surface area is 84.6 Å². The Morgan fingerprint density at radius 3 is 2.50 bits per heavy atom. The zero-order valence-corrected chi connectivity index (χ0v) is 8.02. The van der Waals surface area contributed by atoms with E-state index in [0.29, 0.717) is 5.01 Å². The molecular weight excluding hydrogens is 208 g/mol. The van der Waals surface area contributed by atoms with Gasteiger partial charge in [0.25, 0.3) is 5.91 Å². The third kappa shape index (κ3) is 2.24. The lowest BCUT2D eigenvalue weighted by Crippen LogP contribution is -2.41. The fraction of sp³-hybridized carbons (Fsp3) is 0.143. The summed E-state index contributed by atoms with van der Waals surface area (Å²) in [7, 11) is 0. The first kappa shape index (κ1) is 10.6. The Bertz CT molecular complexity index is 364. The molecule has 0 fully saturated rings. The van der Waals surface area contributed by atoms with Crippen LogP contribution in [0.4, 0.5) is 0 Å². The molecule has 0 aliphatic heterocycles. The lowest BCUT2D eigenvalue weighted by molar-refractivity contribution is -0.126. The summed E-state index contributed by atoms with van der Waals surface area (Å²) in [6, 6.07) is 2.72. The van der Waals surface area contributed by atoms with Gasteiger partial charge in [-0.2, -0.15) is 0 Å². The van der Waals surface area contributed by atoms with Crippen LogP contribution in [0.15, 0.2) is 12.1 Å². The molecule has 6 nitrogen and oxygen atoms in total. The zero-order valence-electron chi connectivity index (χ0n) is 7.27. The normalized spacial score (nSPS) is 9.64. The smallest absolute Gasteiger partial charge is 0.273 e. The average Bonchev–Trinajstić information content (AvgIpc) is 2.16. The Morgan fingerprint density at radius 1 is 1.43 bits per heavy atom. The molecule has 0 unspecified atom stereocenters. The van der Waals surface area contributed by atoms with Crippen LogP contribution in [-0.2, 0) is 4.79 Å². The van der Waals surface area contributed by atoms with Crippen LogP contribution in [0, 0.1) is 0 Å². The van der Waals surface area contributed by atoms with Crippen LogP contribution in [-0.4, -0.2) is 27.0 Å². The summed E-state index contributed by atoms with van der Waals surface area (Å²) in [5.41, 5.74) is -0.0351. The van der Waals surface area contributed by atoms with Crippen molar-refractivity contribution in [1.82, 2.24) is 15.2 Å². The average molecular weight is 215 g/mol. The highest BCUT2D eigenvalue weighted by atomic mass is 35.5. The molecule has 0 spiro atoms. The maximum Gasteiger partial charge on any atom is 0.295 e. The molecule has 1 aromatic heterocycles. The lowest BCUT2D eigenvalue weighted by Gasteiger charge is -2.10. The molecule has 0 atom stereocenters. The molecule has 0 saturated heterocycles. The van der Waals surface area contributed by atoms with Crippen LogP contribution in [0.5, 0.6) is 0 Å². The van der Waals surface area contributed by atoms with Gasteiger partial charge in [0.05, 0.1) is 0 Å². The van der Waals surface area contributed by atoms with Crippen LogP contribution < -0.4 is 5.84 Å². The summed E-state index contributed by atoms with van der Waals surface area (Å²) in [6.45, 7) is 1.17. The molecule has 0 saturated carbocycles. The van der Waals surface area contributed by atoms with Gasteiger partial charge in [0.2, 0.25) is 5.91 Å². The molecule has 2 amide bonds. The summed E-state index contributed by atoms with van der Waals surface area (Å²) >= 11 is 5.46. The highest BCUT2D eigenvalue weighted by molar-refractivity contribution is 6.29. The summed E-state index contributed by atoms with van der Waals surface area (Å²) < 4.78 is 0. The van der Waals surface area contributed by atoms with Crippen molar-refractivity contribution in [2.24, 2.45) is 5.84 Å². The van der Waals surface area contributed by atoms with E-state index in [2.05, 4.69) is 10.2 Å². The molecule has 1 aromatic rings. The number of hydrogen-bond acceptors (Lipinski definition) is 5. The van der Waals surface area contributed by atoms with E-state index in [1.165, 1.54) is 19.1 Å². The van der Waals surface area contributed by atoms with Gasteiger partial charge in [-0.15, -0.1) is 10.2 Å². The molecule has 1 heterocycles. The predicted octanol–water partition coefficient (Wildman–Crippen LogP) is -0.00760. The van der Waals surface area contributed by atoms with Gasteiger partial charge in [-0.1, -0.05) is 11.6 Å². The predicted molar refractivity (Wildman–Crippen MR) is 48.1 cm³/mol. The number of nitrogens with two attached hydrogens (primary N) is 1. The van der Waals surface area contributed by atoms with Gasteiger partial charge in [0, 0.05) is 6.92 Å². The second-order valence-corrected chi connectivity index (χ2v) is 2.82. The maximum atomic E-state index is 11.3. The number of aromatic nitrogens is 2. The van der Waals surface area contributed by atoms with Gasteiger partial charge in [0.1, 0.15) is 0 Å². The molecule has 74 valence electrons. The van der Waals surface area contributed by atoms with Crippen molar-refractivity contribution in [1.29, 1.82) is 0 Å². The van der Waals surface area contributed by atoms with E-state index in [0.717, 1.165) is 0 Å². The molecular formula is C7H7ClN4O2. The molecule has 7 heteroatoms. The van der Waals surface area contributed by atoms with E-state index in [4.69, 9.17) is 17.4 Å². The summed E-state index contributed by atoms with van der Waals surface area (Å²) in [5, 5.41) is 7.54. The van der Waals surface area contributed by atoms with E-state index in [1.807, 2.05) is 0 Å². The Morgan fingerprint density at radius 2 is 2.07 bits per heavy atom. The minimum atomic E-state index is -0.721. The molecule has 1 rings (SSSR count). The molecule has 0 aliphatic rings. The first-order chi connectivity index (χ1) is 6.52. The largest absolute Gasteiger partial charge is 0.295 e. The van der Waals surface area contributed by atoms with Gasteiger partial charge < -0.3 is 0 Å². The SMILES string of the molecule is CC(=O)N(N)C(=O)c1ccc(Cl)nn1. The van der Waals surface area contributed by atoms with Gasteiger partial charge in [0.15, 0.2) is 10.8 Å². The fourth-order valence-corrected chi connectivity index (χ4v) is 0.797. The Balaban J connectivity index is 2.90. The maximum absolute atomic E-state index is 11.3. The van der Waals surface area contributed by atoms with Crippen molar-refractivity contribution in [3.63, 3.8) is 0 Å². The van der Waals surface area contributed by atoms with E-state index in [9.17, 15) is 9.59 Å². The second kappa shape index (κ2) is 4.12. The lowest BCUT2D eigenvalue weighted by atomic mass is 10.3. The number of halogens is 1. The van der Waals surface area contributed by atoms with Crippen molar-refractivity contribution >= 4 is 23.4 Å². The molecule has 2 N–H and O–H groups in total. The van der Waals surface area contributed by atoms with E-state index >= 15 is 0 Å². The quantitative estimate of drug-likeness (QED) is 0.404.